The SMILES string of the molecule is CC1CCCN(C)CCCC1C(=O)CCN. The normalized spacial score (nSPS) is 29.2. The van der Waals surface area contributed by atoms with Crippen molar-refractivity contribution in [3.05, 3.63) is 0 Å². The molecule has 1 fully saturated rings. The molecular weight excluding hydrogens is 200 g/mol. The predicted octanol–water partition coefficient (Wildman–Crippen LogP) is 1.66. The number of nitrogens with zero attached hydrogens (tertiary/aromatic N) is 1. The van der Waals surface area contributed by atoms with E-state index in [-0.39, 0.29) is 5.92 Å². The maximum Gasteiger partial charge on any atom is 0.137 e. The Bertz CT molecular complexity index is 218. The van der Waals surface area contributed by atoms with Crippen LogP contribution in [0.5, 0.6) is 0 Å². The summed E-state index contributed by atoms with van der Waals surface area (Å²) in [4.78, 5) is 14.4. The summed E-state index contributed by atoms with van der Waals surface area (Å²) in [6.45, 7) is 5.02. The molecule has 1 heterocycles. The first-order valence-electron chi connectivity index (χ1n) is 6.56. The maximum absolute atomic E-state index is 12.0. The van der Waals surface area contributed by atoms with Crippen LogP contribution >= 0.6 is 0 Å². The zero-order chi connectivity index (χ0) is 12.0. The number of hydrogen-bond donors (Lipinski definition) is 1. The summed E-state index contributed by atoms with van der Waals surface area (Å²) >= 11 is 0. The van der Waals surface area contributed by atoms with Gasteiger partial charge >= 0.3 is 0 Å². The molecule has 2 unspecified atom stereocenters. The van der Waals surface area contributed by atoms with Crippen molar-refractivity contribution in [2.45, 2.75) is 39.0 Å². The number of carbonyl (C=O) groups is 1. The van der Waals surface area contributed by atoms with E-state index >= 15 is 0 Å². The number of ketones is 1. The van der Waals surface area contributed by atoms with Gasteiger partial charge in [0.15, 0.2) is 0 Å². The Morgan fingerprint density at radius 1 is 1.31 bits per heavy atom. The van der Waals surface area contributed by atoms with Crippen LogP contribution in [0.4, 0.5) is 0 Å². The average Bonchev–Trinajstić information content (AvgIpc) is 2.30. The van der Waals surface area contributed by atoms with Gasteiger partial charge in [-0.3, -0.25) is 4.79 Å². The van der Waals surface area contributed by atoms with Crippen molar-refractivity contribution < 1.29 is 4.79 Å². The van der Waals surface area contributed by atoms with Gasteiger partial charge in [-0.15, -0.1) is 0 Å². The van der Waals surface area contributed by atoms with Gasteiger partial charge in [0.2, 0.25) is 0 Å². The van der Waals surface area contributed by atoms with Gasteiger partial charge in [0.1, 0.15) is 5.78 Å². The highest BCUT2D eigenvalue weighted by atomic mass is 16.1. The molecule has 0 aromatic carbocycles. The molecule has 0 saturated carbocycles. The number of rotatable bonds is 3. The minimum atomic E-state index is 0.259. The molecule has 0 amide bonds. The van der Waals surface area contributed by atoms with Crippen LogP contribution in [0.15, 0.2) is 0 Å². The van der Waals surface area contributed by atoms with Crippen molar-refractivity contribution in [2.75, 3.05) is 26.7 Å². The lowest BCUT2D eigenvalue weighted by atomic mass is 9.83. The summed E-state index contributed by atoms with van der Waals surface area (Å²) in [5.41, 5.74) is 5.48. The Balaban J connectivity index is 2.54. The fraction of sp³-hybridized carbons (Fsp3) is 0.923. The van der Waals surface area contributed by atoms with E-state index < -0.39 is 0 Å². The van der Waals surface area contributed by atoms with Gasteiger partial charge in [-0.25, -0.2) is 0 Å². The average molecular weight is 226 g/mol. The van der Waals surface area contributed by atoms with Crippen LogP contribution < -0.4 is 5.73 Å². The molecule has 0 aliphatic carbocycles. The summed E-state index contributed by atoms with van der Waals surface area (Å²) in [5.74, 6) is 1.18. The number of hydrogen-bond acceptors (Lipinski definition) is 3. The van der Waals surface area contributed by atoms with E-state index in [2.05, 4.69) is 18.9 Å². The van der Waals surface area contributed by atoms with Gasteiger partial charge < -0.3 is 10.6 Å². The molecule has 0 aromatic heterocycles. The zero-order valence-electron chi connectivity index (χ0n) is 10.7. The topological polar surface area (TPSA) is 46.3 Å². The van der Waals surface area contributed by atoms with Crippen molar-refractivity contribution in [3.8, 4) is 0 Å². The zero-order valence-corrected chi connectivity index (χ0v) is 10.7. The fourth-order valence-corrected chi connectivity index (χ4v) is 2.67. The van der Waals surface area contributed by atoms with Gasteiger partial charge in [0.25, 0.3) is 0 Å². The third kappa shape index (κ3) is 4.22. The molecule has 16 heavy (non-hydrogen) atoms. The van der Waals surface area contributed by atoms with Crippen molar-refractivity contribution in [1.82, 2.24) is 4.90 Å². The van der Waals surface area contributed by atoms with Crippen LogP contribution in [0.2, 0.25) is 0 Å². The summed E-state index contributed by atoms with van der Waals surface area (Å²) in [6, 6.07) is 0. The van der Waals surface area contributed by atoms with Crippen LogP contribution in [0.1, 0.15) is 39.0 Å². The van der Waals surface area contributed by atoms with Gasteiger partial charge in [-0.2, -0.15) is 0 Å². The lowest BCUT2D eigenvalue weighted by Crippen LogP contribution is -2.24. The van der Waals surface area contributed by atoms with E-state index in [1.54, 1.807) is 0 Å². The van der Waals surface area contributed by atoms with Crippen LogP contribution in [-0.2, 0) is 4.79 Å². The minimum Gasteiger partial charge on any atom is -0.330 e. The van der Waals surface area contributed by atoms with Gasteiger partial charge in [0.05, 0.1) is 0 Å². The Labute approximate surface area is 99.4 Å². The molecule has 1 rings (SSSR count). The third-order valence-corrected chi connectivity index (χ3v) is 3.75. The summed E-state index contributed by atoms with van der Waals surface area (Å²) < 4.78 is 0. The number of nitrogens with two attached hydrogens (primary N) is 1. The molecule has 0 spiro atoms. The van der Waals surface area contributed by atoms with E-state index in [0.717, 1.165) is 19.4 Å². The van der Waals surface area contributed by atoms with Gasteiger partial charge in [-0.05, 0) is 58.3 Å². The molecular formula is C13H26N2O. The van der Waals surface area contributed by atoms with E-state index in [9.17, 15) is 4.79 Å². The summed E-state index contributed by atoms with van der Waals surface area (Å²) in [7, 11) is 2.17. The Hall–Kier alpha value is -0.410. The smallest absolute Gasteiger partial charge is 0.137 e. The standard InChI is InChI=1S/C13H26N2O/c1-11-5-3-9-15(2)10-4-6-12(11)13(16)7-8-14/h11-12H,3-10,14H2,1-2H3. The Kier molecular flexibility index (Phi) is 5.99. The molecule has 1 aliphatic heterocycles. The highest BCUT2D eigenvalue weighted by molar-refractivity contribution is 5.81. The summed E-state index contributed by atoms with van der Waals surface area (Å²) in [6.07, 6.45) is 5.13. The molecule has 2 N–H and O–H groups in total. The van der Waals surface area contributed by atoms with E-state index in [1.807, 2.05) is 0 Å². The summed E-state index contributed by atoms with van der Waals surface area (Å²) in [5, 5.41) is 0. The van der Waals surface area contributed by atoms with Gasteiger partial charge in [0, 0.05) is 12.3 Å². The first kappa shape index (κ1) is 13.7. The monoisotopic (exact) mass is 226 g/mol. The number of Topliss-reactive ketones (excluding diaryl/α,β-unsaturated/α-hetero) is 1. The van der Waals surface area contributed by atoms with Gasteiger partial charge in [-0.1, -0.05) is 6.92 Å². The minimum absolute atomic E-state index is 0.259. The van der Waals surface area contributed by atoms with E-state index in [4.69, 9.17) is 5.73 Å². The molecule has 3 nitrogen and oxygen atoms in total. The highest BCUT2D eigenvalue weighted by Gasteiger charge is 2.24. The van der Waals surface area contributed by atoms with E-state index in [0.29, 0.717) is 24.7 Å². The van der Waals surface area contributed by atoms with Crippen LogP contribution in [-0.4, -0.2) is 37.4 Å². The third-order valence-electron chi connectivity index (χ3n) is 3.75. The molecule has 3 heteroatoms. The van der Waals surface area contributed by atoms with Crippen molar-refractivity contribution in [3.63, 3.8) is 0 Å². The Morgan fingerprint density at radius 2 is 1.94 bits per heavy atom. The molecule has 0 bridgehead atoms. The van der Waals surface area contributed by atoms with Crippen molar-refractivity contribution in [2.24, 2.45) is 17.6 Å². The molecule has 0 radical (unpaired) electrons. The first-order valence-corrected chi connectivity index (χ1v) is 6.56. The molecule has 1 aliphatic rings. The fourth-order valence-electron chi connectivity index (χ4n) is 2.67. The molecule has 1 saturated heterocycles. The number of carbonyl (C=O) groups excluding carboxylic acids is 1. The molecule has 2 atom stereocenters. The molecule has 0 aromatic rings. The lowest BCUT2D eigenvalue weighted by molar-refractivity contribution is -0.124. The second kappa shape index (κ2) is 7.02. The lowest BCUT2D eigenvalue weighted by Gasteiger charge is -2.21. The highest BCUT2D eigenvalue weighted by Crippen LogP contribution is 2.25. The van der Waals surface area contributed by atoms with Crippen molar-refractivity contribution >= 4 is 5.78 Å². The second-order valence-electron chi connectivity index (χ2n) is 5.18. The van der Waals surface area contributed by atoms with Crippen molar-refractivity contribution in [1.29, 1.82) is 0 Å². The second-order valence-corrected chi connectivity index (χ2v) is 5.18. The van der Waals surface area contributed by atoms with Crippen LogP contribution in [0.3, 0.4) is 0 Å². The van der Waals surface area contributed by atoms with Crippen LogP contribution in [0, 0.1) is 11.8 Å². The quantitative estimate of drug-likeness (QED) is 0.796. The maximum atomic E-state index is 12.0. The molecule has 94 valence electrons. The largest absolute Gasteiger partial charge is 0.330 e. The van der Waals surface area contributed by atoms with E-state index in [1.165, 1.54) is 19.4 Å². The predicted molar refractivity (Wildman–Crippen MR) is 67.3 cm³/mol. The Morgan fingerprint density at radius 3 is 2.56 bits per heavy atom. The first-order chi connectivity index (χ1) is 7.65. The van der Waals surface area contributed by atoms with Crippen LogP contribution in [0.25, 0.3) is 0 Å².